The number of aromatic nitrogens is 1. The molecule has 6 nitrogen and oxygen atoms in total. The summed E-state index contributed by atoms with van der Waals surface area (Å²) in [7, 11) is 0. The third-order valence-corrected chi connectivity index (χ3v) is 6.29. The van der Waals surface area contributed by atoms with Gasteiger partial charge in [-0.1, -0.05) is 0 Å². The lowest BCUT2D eigenvalue weighted by atomic mass is 9.98. The summed E-state index contributed by atoms with van der Waals surface area (Å²) in [6, 6.07) is 4.10. The van der Waals surface area contributed by atoms with Crippen LogP contribution in [0.4, 0.5) is 23.2 Å². The van der Waals surface area contributed by atoms with E-state index < -0.39 is 34.9 Å². The second kappa shape index (κ2) is 8.54. The van der Waals surface area contributed by atoms with Gasteiger partial charge in [0.05, 0.1) is 12.1 Å². The van der Waals surface area contributed by atoms with Gasteiger partial charge >= 0.3 is 6.18 Å². The van der Waals surface area contributed by atoms with E-state index in [0.717, 1.165) is 6.07 Å². The number of alkyl halides is 3. The Morgan fingerprint density at radius 3 is 2.32 bits per heavy atom. The average Bonchev–Trinajstić information content (AvgIpc) is 3.14. The molecule has 1 amide bonds. The Morgan fingerprint density at radius 1 is 1.19 bits per heavy atom. The number of benzene rings is 1. The molecule has 1 fully saturated rings. The third-order valence-electron chi connectivity index (χ3n) is 5.18. The highest BCUT2D eigenvalue weighted by Gasteiger charge is 2.58. The average molecular weight is 459 g/mol. The van der Waals surface area contributed by atoms with Crippen molar-refractivity contribution in [3.8, 4) is 0 Å². The first kappa shape index (κ1) is 23.1. The predicted molar refractivity (Wildman–Crippen MR) is 107 cm³/mol. The molecule has 3 rings (SSSR count). The number of carbonyl (C=O) groups is 2. The number of nitrogens with zero attached hydrogens (tertiary/aromatic N) is 3. The quantitative estimate of drug-likeness (QED) is 0.549. The van der Waals surface area contributed by atoms with Gasteiger partial charge in [0.1, 0.15) is 10.8 Å². The zero-order valence-corrected chi connectivity index (χ0v) is 17.7. The van der Waals surface area contributed by atoms with E-state index in [2.05, 4.69) is 4.98 Å². The summed E-state index contributed by atoms with van der Waals surface area (Å²) in [5.41, 5.74) is -2.56. The Bertz CT molecular complexity index is 986. The van der Waals surface area contributed by atoms with Crippen molar-refractivity contribution in [2.24, 2.45) is 0 Å². The maximum Gasteiger partial charge on any atom is 0.424 e. The van der Waals surface area contributed by atoms with Crippen LogP contribution in [0.25, 0.3) is 0 Å². The number of amides is 1. The molecular formula is C20H21F4N3O3S. The van der Waals surface area contributed by atoms with E-state index >= 15 is 0 Å². The molecule has 1 saturated heterocycles. The van der Waals surface area contributed by atoms with Gasteiger partial charge in [0, 0.05) is 42.8 Å². The molecule has 0 bridgehead atoms. The molecule has 0 aliphatic carbocycles. The van der Waals surface area contributed by atoms with E-state index in [1.54, 1.807) is 4.90 Å². The Balaban J connectivity index is 1.69. The number of hydrogen-bond donors (Lipinski definition) is 1. The van der Waals surface area contributed by atoms with Gasteiger partial charge in [-0.3, -0.25) is 9.59 Å². The number of carbonyl (C=O) groups excluding carboxylic acids is 2. The molecule has 1 unspecified atom stereocenters. The number of anilines is 1. The molecule has 2 aromatic rings. The summed E-state index contributed by atoms with van der Waals surface area (Å²) in [5.74, 6) is -1.72. The summed E-state index contributed by atoms with van der Waals surface area (Å²) in [6.45, 7) is 3.36. The van der Waals surface area contributed by atoms with Crippen molar-refractivity contribution in [2.45, 2.75) is 32.0 Å². The van der Waals surface area contributed by atoms with Gasteiger partial charge < -0.3 is 14.9 Å². The summed E-state index contributed by atoms with van der Waals surface area (Å²) in [4.78, 5) is 30.6. The van der Waals surface area contributed by atoms with Crippen LogP contribution in [-0.4, -0.2) is 59.0 Å². The van der Waals surface area contributed by atoms with Crippen molar-refractivity contribution in [2.75, 3.05) is 31.1 Å². The van der Waals surface area contributed by atoms with E-state index in [1.807, 2.05) is 0 Å². The van der Waals surface area contributed by atoms with Gasteiger partial charge in [-0.25, -0.2) is 9.37 Å². The highest BCUT2D eigenvalue weighted by molar-refractivity contribution is 7.09. The number of rotatable bonds is 5. The standard InChI is InChI=1S/C20H21F4N3O3S/c1-12-11-31-18(25-12)19(30,20(22,23)24)10-17(29)27-7-5-26(6-8-27)16-4-3-14(13(2)28)9-15(16)21/h3-4,9,11,30H,5-8,10H2,1-2H3. The summed E-state index contributed by atoms with van der Waals surface area (Å²) in [6.07, 6.45) is -6.25. The summed E-state index contributed by atoms with van der Waals surface area (Å²) < 4.78 is 55.2. The zero-order chi connectivity index (χ0) is 23.0. The molecule has 0 radical (unpaired) electrons. The van der Waals surface area contributed by atoms with Gasteiger partial charge in [-0.2, -0.15) is 13.2 Å². The second-order valence-electron chi connectivity index (χ2n) is 7.42. The number of aliphatic hydroxyl groups is 1. The van der Waals surface area contributed by atoms with Crippen molar-refractivity contribution in [1.82, 2.24) is 9.88 Å². The number of piperazine rings is 1. The van der Waals surface area contributed by atoms with Gasteiger partial charge in [-0.15, -0.1) is 11.3 Å². The molecule has 31 heavy (non-hydrogen) atoms. The molecule has 1 aromatic heterocycles. The number of Topliss-reactive ketones (excluding diaryl/α,β-unsaturated/α-hetero) is 1. The molecule has 1 atom stereocenters. The number of halogens is 4. The van der Waals surface area contributed by atoms with E-state index in [9.17, 15) is 32.3 Å². The fourth-order valence-corrected chi connectivity index (χ4v) is 4.27. The highest BCUT2D eigenvalue weighted by Crippen LogP contribution is 2.43. The van der Waals surface area contributed by atoms with Crippen LogP contribution in [0.2, 0.25) is 0 Å². The molecule has 2 heterocycles. The van der Waals surface area contributed by atoms with E-state index in [-0.39, 0.29) is 43.2 Å². The lowest BCUT2D eigenvalue weighted by molar-refractivity contribution is -0.268. The number of thiazole rings is 1. The zero-order valence-electron chi connectivity index (χ0n) is 16.9. The number of hydrogen-bond acceptors (Lipinski definition) is 6. The molecule has 1 N–H and O–H groups in total. The predicted octanol–water partition coefficient (Wildman–Crippen LogP) is 3.28. The van der Waals surface area contributed by atoms with E-state index in [0.29, 0.717) is 17.0 Å². The third kappa shape index (κ3) is 4.72. The summed E-state index contributed by atoms with van der Waals surface area (Å²) in [5, 5.41) is 11.2. The summed E-state index contributed by atoms with van der Waals surface area (Å²) >= 11 is 0.649. The first-order valence-electron chi connectivity index (χ1n) is 9.47. The minimum absolute atomic E-state index is 0.0670. The maximum atomic E-state index is 14.4. The Morgan fingerprint density at radius 2 is 1.84 bits per heavy atom. The maximum absolute atomic E-state index is 14.4. The minimum Gasteiger partial charge on any atom is -0.374 e. The molecular weight excluding hydrogens is 438 g/mol. The van der Waals surface area contributed by atoms with Gasteiger partial charge in [-0.05, 0) is 32.0 Å². The van der Waals surface area contributed by atoms with Gasteiger partial charge in [0.15, 0.2) is 5.78 Å². The largest absolute Gasteiger partial charge is 0.424 e. The van der Waals surface area contributed by atoms with Crippen molar-refractivity contribution >= 4 is 28.7 Å². The lowest BCUT2D eigenvalue weighted by Gasteiger charge is -2.38. The van der Waals surface area contributed by atoms with E-state index in [4.69, 9.17) is 0 Å². The first-order chi connectivity index (χ1) is 14.4. The SMILES string of the molecule is CC(=O)c1ccc(N2CCN(C(=O)CC(O)(c3nc(C)cs3)C(F)(F)F)CC2)c(F)c1. The fourth-order valence-electron chi connectivity index (χ4n) is 3.35. The van der Waals surface area contributed by atoms with Crippen molar-refractivity contribution in [1.29, 1.82) is 0 Å². The smallest absolute Gasteiger partial charge is 0.374 e. The van der Waals surface area contributed by atoms with Crippen LogP contribution >= 0.6 is 11.3 Å². The van der Waals surface area contributed by atoms with Crippen molar-refractivity contribution in [3.63, 3.8) is 0 Å². The van der Waals surface area contributed by atoms with Crippen LogP contribution < -0.4 is 4.90 Å². The molecule has 1 aliphatic heterocycles. The van der Waals surface area contributed by atoms with Crippen LogP contribution in [0.15, 0.2) is 23.6 Å². The van der Waals surface area contributed by atoms with Crippen LogP contribution in [0.5, 0.6) is 0 Å². The van der Waals surface area contributed by atoms with Gasteiger partial charge in [0.25, 0.3) is 0 Å². The van der Waals surface area contributed by atoms with Crippen molar-refractivity contribution in [3.05, 3.63) is 45.7 Å². The Kier molecular flexibility index (Phi) is 6.38. The number of aryl methyl sites for hydroxylation is 1. The molecule has 0 saturated carbocycles. The normalized spacial score (nSPS) is 16.9. The van der Waals surface area contributed by atoms with Crippen LogP contribution in [0.1, 0.15) is 34.4 Å². The monoisotopic (exact) mass is 459 g/mol. The second-order valence-corrected chi connectivity index (χ2v) is 8.28. The molecule has 0 spiro atoms. The van der Waals surface area contributed by atoms with Gasteiger partial charge in [0.2, 0.25) is 11.5 Å². The minimum atomic E-state index is -5.07. The lowest BCUT2D eigenvalue weighted by Crippen LogP contribution is -2.52. The first-order valence-corrected chi connectivity index (χ1v) is 10.4. The molecule has 1 aromatic carbocycles. The highest BCUT2D eigenvalue weighted by atomic mass is 32.1. The molecule has 11 heteroatoms. The van der Waals surface area contributed by atoms with Crippen LogP contribution in [-0.2, 0) is 10.4 Å². The van der Waals surface area contributed by atoms with Crippen molar-refractivity contribution < 1.29 is 32.3 Å². The van der Waals surface area contributed by atoms with Crippen LogP contribution in [0, 0.1) is 12.7 Å². The Hall–Kier alpha value is -2.53. The molecule has 168 valence electrons. The Labute approximate surface area is 180 Å². The van der Waals surface area contributed by atoms with E-state index in [1.165, 1.54) is 36.3 Å². The fraction of sp³-hybridized carbons (Fsp3) is 0.450. The molecule has 1 aliphatic rings. The number of ketones is 1. The van der Waals surface area contributed by atoms with Crippen LogP contribution in [0.3, 0.4) is 0 Å². The topological polar surface area (TPSA) is 73.7 Å².